The van der Waals surface area contributed by atoms with Gasteiger partial charge in [-0.2, -0.15) is 0 Å². The van der Waals surface area contributed by atoms with E-state index >= 15 is 0 Å². The predicted octanol–water partition coefficient (Wildman–Crippen LogP) is 4.04. The molecule has 0 aromatic carbocycles. The first kappa shape index (κ1) is 52.1. The van der Waals surface area contributed by atoms with Crippen LogP contribution in [0.1, 0.15) is 142 Å². The molecule has 0 saturated carbocycles. The van der Waals surface area contributed by atoms with E-state index in [-0.39, 0.29) is 26.1 Å². The van der Waals surface area contributed by atoms with Crippen molar-refractivity contribution >= 4 is 11.9 Å². The third-order valence-corrected chi connectivity index (χ3v) is 10.4. The summed E-state index contributed by atoms with van der Waals surface area (Å²) < 4.78 is 33.3. The van der Waals surface area contributed by atoms with E-state index in [2.05, 4.69) is 38.2 Å². The normalized spacial score (nSPS) is 28.3. The number of rotatable bonds is 32. The highest BCUT2D eigenvalue weighted by atomic mass is 16.7. The van der Waals surface area contributed by atoms with Crippen molar-refractivity contribution in [3.8, 4) is 0 Å². The molecule has 4 unspecified atom stereocenters. The molecule has 338 valence electrons. The Morgan fingerprint density at radius 2 is 1.03 bits per heavy atom. The van der Waals surface area contributed by atoms with Crippen LogP contribution in [0, 0.1) is 0 Å². The highest BCUT2D eigenvalue weighted by Gasteiger charge is 2.47. The van der Waals surface area contributed by atoms with Gasteiger partial charge >= 0.3 is 11.9 Å². The molecule has 0 bridgehead atoms. The fourth-order valence-corrected chi connectivity index (χ4v) is 6.72. The second-order valence-electron chi connectivity index (χ2n) is 15.5. The zero-order valence-electron chi connectivity index (χ0n) is 35.0. The van der Waals surface area contributed by atoms with Gasteiger partial charge in [-0.05, 0) is 44.9 Å². The molecular weight excluding hydrogens is 756 g/mol. The number of carbonyl (C=O) groups is 2. The maximum absolute atomic E-state index is 12.9. The maximum Gasteiger partial charge on any atom is 0.306 e. The zero-order valence-corrected chi connectivity index (χ0v) is 35.0. The minimum absolute atomic E-state index is 0.151. The average Bonchev–Trinajstić information content (AvgIpc) is 3.21. The first-order chi connectivity index (χ1) is 28.0. The fourth-order valence-electron chi connectivity index (χ4n) is 6.72. The lowest BCUT2D eigenvalue weighted by molar-refractivity contribution is -0.332. The Labute approximate surface area is 345 Å². The summed E-state index contributed by atoms with van der Waals surface area (Å²) in [5, 5.41) is 71.7. The summed E-state index contributed by atoms with van der Waals surface area (Å²) >= 11 is 0. The molecule has 2 aliphatic rings. The summed E-state index contributed by atoms with van der Waals surface area (Å²) in [6, 6.07) is 0. The van der Waals surface area contributed by atoms with E-state index < -0.39 is 92.7 Å². The lowest BCUT2D eigenvalue weighted by atomic mass is 9.98. The van der Waals surface area contributed by atoms with E-state index in [1.807, 2.05) is 0 Å². The third-order valence-electron chi connectivity index (χ3n) is 10.4. The van der Waals surface area contributed by atoms with Crippen LogP contribution in [-0.2, 0) is 38.0 Å². The van der Waals surface area contributed by atoms with Crippen molar-refractivity contribution in [2.45, 2.75) is 210 Å². The molecule has 0 amide bonds. The molecule has 0 spiro atoms. The van der Waals surface area contributed by atoms with Crippen molar-refractivity contribution in [3.05, 3.63) is 24.3 Å². The smallest absolute Gasteiger partial charge is 0.306 e. The predicted molar refractivity (Wildman–Crippen MR) is 215 cm³/mol. The molecule has 15 nitrogen and oxygen atoms in total. The molecule has 11 atom stereocenters. The Balaban J connectivity index is 1.86. The molecule has 0 radical (unpaired) electrons. The topological polar surface area (TPSA) is 231 Å². The molecule has 58 heavy (non-hydrogen) atoms. The van der Waals surface area contributed by atoms with Crippen LogP contribution < -0.4 is 0 Å². The average molecular weight is 833 g/mol. The molecule has 0 aromatic heterocycles. The number of aliphatic hydroxyl groups excluding tert-OH is 7. The fraction of sp³-hybridized carbons (Fsp3) is 0.860. The van der Waals surface area contributed by atoms with Crippen LogP contribution in [0.3, 0.4) is 0 Å². The van der Waals surface area contributed by atoms with Gasteiger partial charge in [-0.25, -0.2) is 0 Å². The molecule has 7 N–H and O–H groups in total. The second kappa shape index (κ2) is 31.8. The largest absolute Gasteiger partial charge is 0.462 e. The monoisotopic (exact) mass is 833 g/mol. The Hall–Kier alpha value is -2.02. The number of esters is 2. The van der Waals surface area contributed by atoms with Crippen LogP contribution in [0.25, 0.3) is 0 Å². The standard InChI is InChI=1S/C43H76O15/c1-3-5-7-9-11-12-13-14-15-16-17-18-20-22-24-26-35(46)56-31(28-53-34(45)25-23-21-19-10-8-6-4-2)29-54-42-41(52)39(50)37(48)33(58-42)30-55-43-40(51)38(49)36(47)32(27-44)57-43/h11-12,14-15,31-33,36-44,47-52H,3-10,13,16-30H2,1-2H3/b12-11+,15-14+/t31-,32-,33-,36+,37+,38?,39?,40?,41?,42-,43-/m1/s1. The van der Waals surface area contributed by atoms with Crippen molar-refractivity contribution in [2.75, 3.05) is 26.4 Å². The molecule has 2 saturated heterocycles. The van der Waals surface area contributed by atoms with Gasteiger partial charge in [0.25, 0.3) is 0 Å². The Morgan fingerprint density at radius 1 is 0.552 bits per heavy atom. The molecular formula is C43H76O15. The number of ether oxygens (including phenoxy) is 6. The SMILES string of the molecule is CCCCC/C=C/C/C=C/CCCCCCCC(=O)O[C@H](COC(=O)CCCCCCCCC)CO[C@@H]1O[C@H](CO[C@@H]2O[C@H](CO)[C@H](O)C(O)C2O)[C@H](O)C(O)C1O. The zero-order chi connectivity index (χ0) is 42.5. The lowest BCUT2D eigenvalue weighted by Crippen LogP contribution is -2.61. The van der Waals surface area contributed by atoms with Crippen molar-refractivity contribution in [1.29, 1.82) is 0 Å². The van der Waals surface area contributed by atoms with Gasteiger partial charge in [0.1, 0.15) is 55.4 Å². The van der Waals surface area contributed by atoms with Gasteiger partial charge in [0.2, 0.25) is 0 Å². The molecule has 15 heteroatoms. The summed E-state index contributed by atoms with van der Waals surface area (Å²) in [6.45, 7) is 2.47. The molecule has 2 aliphatic heterocycles. The van der Waals surface area contributed by atoms with E-state index in [1.165, 1.54) is 32.1 Å². The van der Waals surface area contributed by atoms with Crippen LogP contribution in [0.2, 0.25) is 0 Å². The van der Waals surface area contributed by atoms with Gasteiger partial charge in [-0.1, -0.05) is 109 Å². The minimum Gasteiger partial charge on any atom is -0.462 e. The first-order valence-electron chi connectivity index (χ1n) is 21.9. The van der Waals surface area contributed by atoms with Gasteiger partial charge in [0, 0.05) is 12.8 Å². The highest BCUT2D eigenvalue weighted by molar-refractivity contribution is 5.70. The van der Waals surface area contributed by atoms with E-state index in [4.69, 9.17) is 28.4 Å². The summed E-state index contributed by atoms with van der Waals surface area (Å²) in [5.74, 6) is -0.949. The van der Waals surface area contributed by atoms with E-state index in [0.29, 0.717) is 12.8 Å². The maximum atomic E-state index is 12.9. The summed E-state index contributed by atoms with van der Waals surface area (Å²) in [5.41, 5.74) is 0. The lowest BCUT2D eigenvalue weighted by Gasteiger charge is -2.42. The second-order valence-corrected chi connectivity index (χ2v) is 15.5. The molecule has 2 rings (SSSR count). The number of aliphatic hydroxyl groups is 7. The minimum atomic E-state index is -1.76. The van der Waals surface area contributed by atoms with Crippen molar-refractivity contribution < 1.29 is 73.8 Å². The highest BCUT2D eigenvalue weighted by Crippen LogP contribution is 2.26. The van der Waals surface area contributed by atoms with Crippen molar-refractivity contribution in [1.82, 2.24) is 0 Å². The quantitative estimate of drug-likeness (QED) is 0.0288. The Morgan fingerprint density at radius 3 is 1.64 bits per heavy atom. The van der Waals surface area contributed by atoms with Crippen molar-refractivity contribution in [3.63, 3.8) is 0 Å². The van der Waals surface area contributed by atoms with Crippen LogP contribution in [0.4, 0.5) is 0 Å². The van der Waals surface area contributed by atoms with Crippen LogP contribution in [0.5, 0.6) is 0 Å². The van der Waals surface area contributed by atoms with Crippen molar-refractivity contribution in [2.24, 2.45) is 0 Å². The Kier molecular flexibility index (Phi) is 28.6. The number of unbranched alkanes of at least 4 members (excludes halogenated alkanes) is 14. The van der Waals surface area contributed by atoms with Gasteiger partial charge in [-0.15, -0.1) is 0 Å². The van der Waals surface area contributed by atoms with Gasteiger partial charge < -0.3 is 64.2 Å². The number of hydrogen-bond donors (Lipinski definition) is 7. The van der Waals surface area contributed by atoms with E-state index in [1.54, 1.807) is 0 Å². The summed E-state index contributed by atoms with van der Waals surface area (Å²) in [6.07, 6.45) is 11.1. The van der Waals surface area contributed by atoms with Crippen LogP contribution >= 0.6 is 0 Å². The van der Waals surface area contributed by atoms with E-state index in [9.17, 15) is 45.3 Å². The van der Waals surface area contributed by atoms with Gasteiger partial charge in [0.15, 0.2) is 18.7 Å². The molecule has 2 heterocycles. The third kappa shape index (κ3) is 21.0. The number of allylic oxidation sites excluding steroid dienone is 4. The first-order valence-corrected chi connectivity index (χ1v) is 21.9. The van der Waals surface area contributed by atoms with Gasteiger partial charge in [-0.3, -0.25) is 9.59 Å². The molecule has 0 aromatic rings. The van der Waals surface area contributed by atoms with Gasteiger partial charge in [0.05, 0.1) is 19.8 Å². The summed E-state index contributed by atoms with van der Waals surface area (Å²) in [7, 11) is 0. The molecule has 2 fully saturated rings. The summed E-state index contributed by atoms with van der Waals surface area (Å²) in [4.78, 5) is 25.4. The van der Waals surface area contributed by atoms with Crippen LogP contribution in [-0.4, -0.2) is 142 Å². The number of hydrogen-bond acceptors (Lipinski definition) is 15. The van der Waals surface area contributed by atoms with Crippen LogP contribution in [0.15, 0.2) is 24.3 Å². The van der Waals surface area contributed by atoms with E-state index in [0.717, 1.165) is 70.6 Å². The molecule has 0 aliphatic carbocycles. The number of carbonyl (C=O) groups excluding carboxylic acids is 2. The Bertz CT molecular complexity index is 1120.